The van der Waals surface area contributed by atoms with Crippen LogP contribution in [0.3, 0.4) is 0 Å². The summed E-state index contributed by atoms with van der Waals surface area (Å²) >= 11 is 0. The van der Waals surface area contributed by atoms with Crippen LogP contribution >= 0.6 is 0 Å². The van der Waals surface area contributed by atoms with Gasteiger partial charge in [-0.1, -0.05) is 0 Å². The maximum Gasteiger partial charge on any atom is 0.152 e. The summed E-state index contributed by atoms with van der Waals surface area (Å²) < 4.78 is 0. The average Bonchev–Trinajstić information content (AvgIpc) is 2.99. The minimum Gasteiger partial charge on any atom is -0.384 e. The molecule has 7 heteroatoms. The first-order chi connectivity index (χ1) is 11.2. The second-order valence-electron chi connectivity index (χ2n) is 5.56. The minimum absolute atomic E-state index is 0.491. The van der Waals surface area contributed by atoms with Crippen molar-refractivity contribution in [2.75, 3.05) is 38.5 Å². The van der Waals surface area contributed by atoms with Crippen molar-refractivity contribution in [2.24, 2.45) is 10.1 Å². The zero-order chi connectivity index (χ0) is 16.2. The lowest BCUT2D eigenvalue weighted by Crippen LogP contribution is -2.43. The molecule has 0 aliphatic carbocycles. The molecule has 7 nitrogen and oxygen atoms in total. The van der Waals surface area contributed by atoms with Gasteiger partial charge >= 0.3 is 0 Å². The highest BCUT2D eigenvalue weighted by Gasteiger charge is 2.27. The van der Waals surface area contributed by atoms with Gasteiger partial charge in [-0.3, -0.25) is 10.4 Å². The van der Waals surface area contributed by atoms with Crippen LogP contribution in [-0.4, -0.2) is 54.2 Å². The van der Waals surface area contributed by atoms with Gasteiger partial charge in [0.2, 0.25) is 0 Å². The molecule has 0 aromatic carbocycles. The number of allylic oxidation sites excluding steroid dienone is 1. The van der Waals surface area contributed by atoms with Crippen molar-refractivity contribution in [1.82, 2.24) is 20.6 Å². The van der Waals surface area contributed by atoms with Crippen molar-refractivity contribution < 1.29 is 0 Å². The molecule has 2 aliphatic heterocycles. The van der Waals surface area contributed by atoms with Gasteiger partial charge in [0.15, 0.2) is 5.84 Å². The second kappa shape index (κ2) is 6.78. The SMILES string of the molecule is CCN=C1NN=C(c2ccnc(N)c2)/C1=C(/C)N1CCNCC1. The van der Waals surface area contributed by atoms with Crippen LogP contribution in [0.15, 0.2) is 39.7 Å². The molecule has 1 saturated heterocycles. The van der Waals surface area contributed by atoms with Gasteiger partial charge in [-0.2, -0.15) is 5.10 Å². The third kappa shape index (κ3) is 3.19. The number of hydrogen-bond acceptors (Lipinski definition) is 6. The van der Waals surface area contributed by atoms with Crippen LogP contribution in [0.1, 0.15) is 19.4 Å². The van der Waals surface area contributed by atoms with Gasteiger partial charge < -0.3 is 16.0 Å². The molecule has 3 heterocycles. The molecule has 3 rings (SSSR count). The Morgan fingerprint density at radius 1 is 1.39 bits per heavy atom. The molecule has 0 saturated carbocycles. The first kappa shape index (κ1) is 15.5. The van der Waals surface area contributed by atoms with Crippen molar-refractivity contribution in [3.8, 4) is 0 Å². The third-order valence-electron chi connectivity index (χ3n) is 4.07. The van der Waals surface area contributed by atoms with E-state index in [0.717, 1.165) is 48.9 Å². The second-order valence-corrected chi connectivity index (χ2v) is 5.56. The van der Waals surface area contributed by atoms with Gasteiger partial charge in [0.25, 0.3) is 0 Å². The molecular formula is C16H23N7. The number of aromatic nitrogens is 1. The van der Waals surface area contributed by atoms with E-state index in [1.54, 1.807) is 6.20 Å². The summed E-state index contributed by atoms with van der Waals surface area (Å²) in [5.41, 5.74) is 13.0. The van der Waals surface area contributed by atoms with Gasteiger partial charge in [-0.25, -0.2) is 4.98 Å². The van der Waals surface area contributed by atoms with Crippen molar-refractivity contribution in [3.05, 3.63) is 35.2 Å². The predicted molar refractivity (Wildman–Crippen MR) is 93.4 cm³/mol. The fourth-order valence-electron chi connectivity index (χ4n) is 2.91. The van der Waals surface area contributed by atoms with Crippen LogP contribution in [0.2, 0.25) is 0 Å². The van der Waals surface area contributed by atoms with Crippen molar-refractivity contribution in [3.63, 3.8) is 0 Å². The fourth-order valence-corrected chi connectivity index (χ4v) is 2.91. The number of hydrogen-bond donors (Lipinski definition) is 3. The van der Waals surface area contributed by atoms with Gasteiger partial charge in [0.05, 0.1) is 5.57 Å². The summed E-state index contributed by atoms with van der Waals surface area (Å²) in [6, 6.07) is 3.78. The Morgan fingerprint density at radius 3 is 2.87 bits per heavy atom. The Bertz CT molecular complexity index is 669. The monoisotopic (exact) mass is 313 g/mol. The van der Waals surface area contributed by atoms with Crippen LogP contribution in [0.25, 0.3) is 0 Å². The number of piperazine rings is 1. The third-order valence-corrected chi connectivity index (χ3v) is 4.07. The Kier molecular flexibility index (Phi) is 4.57. The molecule has 0 bridgehead atoms. The van der Waals surface area contributed by atoms with Crippen LogP contribution in [-0.2, 0) is 0 Å². The number of amidine groups is 1. The quantitative estimate of drug-likeness (QED) is 0.759. The van der Waals surface area contributed by atoms with Crippen molar-refractivity contribution in [1.29, 1.82) is 0 Å². The van der Waals surface area contributed by atoms with Crippen molar-refractivity contribution >= 4 is 17.4 Å². The normalized spacial score (nSPS) is 22.1. The highest BCUT2D eigenvalue weighted by atomic mass is 15.4. The van der Waals surface area contributed by atoms with Gasteiger partial charge in [0.1, 0.15) is 11.5 Å². The summed E-state index contributed by atoms with van der Waals surface area (Å²) in [4.78, 5) is 11.0. The maximum atomic E-state index is 5.83. The molecular weight excluding hydrogens is 290 g/mol. The summed E-state index contributed by atoms with van der Waals surface area (Å²) in [6.07, 6.45) is 1.71. The number of aliphatic imine (C=N–C) groups is 1. The Balaban J connectivity index is 2.03. The molecule has 1 aromatic heterocycles. The molecule has 4 N–H and O–H groups in total. The number of pyridine rings is 1. The van der Waals surface area contributed by atoms with Crippen molar-refractivity contribution in [2.45, 2.75) is 13.8 Å². The Labute approximate surface area is 136 Å². The number of nitrogens with one attached hydrogen (secondary N) is 2. The molecule has 1 aromatic rings. The Hall–Kier alpha value is -2.41. The molecule has 122 valence electrons. The van der Waals surface area contributed by atoms with E-state index < -0.39 is 0 Å². The van der Waals surface area contributed by atoms with E-state index in [1.165, 1.54) is 5.70 Å². The fraction of sp³-hybridized carbons (Fsp3) is 0.438. The zero-order valence-corrected chi connectivity index (χ0v) is 13.6. The lowest BCUT2D eigenvalue weighted by molar-refractivity contribution is 0.299. The Morgan fingerprint density at radius 2 is 2.17 bits per heavy atom. The van der Waals surface area contributed by atoms with E-state index in [0.29, 0.717) is 12.4 Å². The smallest absolute Gasteiger partial charge is 0.152 e. The highest BCUT2D eigenvalue weighted by Crippen LogP contribution is 2.22. The zero-order valence-electron chi connectivity index (χ0n) is 13.6. The number of nitrogens with zero attached hydrogens (tertiary/aromatic N) is 4. The maximum absolute atomic E-state index is 5.83. The van der Waals surface area contributed by atoms with Gasteiger partial charge in [-0.05, 0) is 26.0 Å². The number of nitrogens with two attached hydrogens (primary N) is 1. The predicted octanol–water partition coefficient (Wildman–Crippen LogP) is 0.569. The van der Waals surface area contributed by atoms with E-state index in [4.69, 9.17) is 5.73 Å². The summed E-state index contributed by atoms with van der Waals surface area (Å²) in [5, 5.41) is 7.88. The van der Waals surface area contributed by atoms with Gasteiger partial charge in [-0.15, -0.1) is 0 Å². The number of anilines is 1. The van der Waals surface area contributed by atoms with Crippen LogP contribution in [0, 0.1) is 0 Å². The van der Waals surface area contributed by atoms with Gasteiger partial charge in [0, 0.05) is 50.2 Å². The molecule has 0 amide bonds. The van der Waals surface area contributed by atoms with Crippen LogP contribution in [0.5, 0.6) is 0 Å². The highest BCUT2D eigenvalue weighted by molar-refractivity contribution is 6.32. The van der Waals surface area contributed by atoms with Crippen LogP contribution < -0.4 is 16.5 Å². The first-order valence-electron chi connectivity index (χ1n) is 7.98. The van der Waals surface area contributed by atoms with E-state index in [1.807, 2.05) is 19.1 Å². The summed E-state index contributed by atoms with van der Waals surface area (Å²) in [5.74, 6) is 1.32. The molecule has 0 unspecified atom stereocenters. The minimum atomic E-state index is 0.491. The molecule has 0 atom stereocenters. The van der Waals surface area contributed by atoms with E-state index in [-0.39, 0.29) is 0 Å². The molecule has 0 radical (unpaired) electrons. The number of hydrazone groups is 1. The first-order valence-corrected chi connectivity index (χ1v) is 7.98. The average molecular weight is 313 g/mol. The van der Waals surface area contributed by atoms with E-state index >= 15 is 0 Å². The summed E-state index contributed by atoms with van der Waals surface area (Å²) in [7, 11) is 0. The van der Waals surface area contributed by atoms with E-state index in [2.05, 4.69) is 37.6 Å². The topological polar surface area (TPSA) is 90.9 Å². The lowest BCUT2D eigenvalue weighted by atomic mass is 10.0. The summed E-state index contributed by atoms with van der Waals surface area (Å²) in [6.45, 7) is 8.83. The standard InChI is InChI=1S/C16H23N7/c1-3-19-16-14(11(2)23-8-6-18-7-9-23)15(21-22-16)12-4-5-20-13(17)10-12/h4-5,10,18H,3,6-9H2,1-2H3,(H2,17,20)(H,19,22)/b14-11+. The van der Waals surface area contributed by atoms with E-state index in [9.17, 15) is 0 Å². The molecule has 0 spiro atoms. The number of rotatable bonds is 3. The number of nitrogen functional groups attached to an aromatic ring is 1. The molecule has 2 aliphatic rings. The largest absolute Gasteiger partial charge is 0.384 e. The molecule has 1 fully saturated rings. The molecule has 23 heavy (non-hydrogen) atoms. The van der Waals surface area contributed by atoms with Crippen LogP contribution in [0.4, 0.5) is 5.82 Å². The lowest BCUT2D eigenvalue weighted by Gasteiger charge is -2.31.